The second-order valence-corrected chi connectivity index (χ2v) is 6.34. The van der Waals surface area contributed by atoms with Crippen molar-refractivity contribution in [3.8, 4) is 0 Å². The minimum Gasteiger partial charge on any atom is -0.366 e. The molecule has 1 aromatic carbocycles. The van der Waals surface area contributed by atoms with Crippen molar-refractivity contribution in [2.24, 2.45) is 18.7 Å². The lowest BCUT2D eigenvalue weighted by atomic mass is 9.96. The number of nitrogens with two attached hydrogens (primary N) is 1. The van der Waals surface area contributed by atoms with Crippen LogP contribution in [0, 0.1) is 5.92 Å². The summed E-state index contributed by atoms with van der Waals surface area (Å²) in [4.78, 5) is 37.7. The molecule has 0 bridgehead atoms. The molecule has 1 aliphatic rings. The predicted molar refractivity (Wildman–Crippen MR) is 98.0 cm³/mol. The number of aryl methyl sites for hydroxylation is 1. The lowest BCUT2D eigenvalue weighted by Gasteiger charge is -2.32. The third-order valence-corrected chi connectivity index (χ3v) is 4.51. The molecule has 136 valence electrons. The molecule has 3 N–H and O–H groups in total. The lowest BCUT2D eigenvalue weighted by molar-refractivity contribution is -0.120. The van der Waals surface area contributed by atoms with Gasteiger partial charge in [-0.2, -0.15) is 5.10 Å². The zero-order valence-electron chi connectivity index (χ0n) is 14.5. The van der Waals surface area contributed by atoms with Crippen molar-refractivity contribution in [1.82, 2.24) is 9.78 Å². The molecule has 0 saturated carbocycles. The van der Waals surface area contributed by atoms with E-state index >= 15 is 0 Å². The summed E-state index contributed by atoms with van der Waals surface area (Å²) >= 11 is 0. The van der Waals surface area contributed by atoms with Crippen molar-refractivity contribution < 1.29 is 9.59 Å². The van der Waals surface area contributed by atoms with Crippen LogP contribution in [0.4, 0.5) is 11.5 Å². The van der Waals surface area contributed by atoms with Crippen molar-refractivity contribution in [3.05, 3.63) is 52.3 Å². The van der Waals surface area contributed by atoms with E-state index in [0.29, 0.717) is 18.1 Å². The maximum Gasteiger partial charge on any atom is 0.266 e. The first-order valence-corrected chi connectivity index (χ1v) is 8.44. The quantitative estimate of drug-likeness (QED) is 0.840. The number of para-hydroxylation sites is 1. The van der Waals surface area contributed by atoms with Gasteiger partial charge >= 0.3 is 0 Å². The molecule has 2 heterocycles. The second kappa shape index (κ2) is 7.38. The van der Waals surface area contributed by atoms with Crippen LogP contribution in [0.1, 0.15) is 23.2 Å². The summed E-state index contributed by atoms with van der Waals surface area (Å²) in [6.45, 7) is 1.27. The molecule has 26 heavy (non-hydrogen) atoms. The Hall–Kier alpha value is -3.16. The summed E-state index contributed by atoms with van der Waals surface area (Å²) in [7, 11) is 1.60. The highest BCUT2D eigenvalue weighted by atomic mass is 16.2. The van der Waals surface area contributed by atoms with Gasteiger partial charge in [-0.05, 0) is 31.0 Å². The molecule has 1 atom stereocenters. The van der Waals surface area contributed by atoms with Crippen LogP contribution in [0.25, 0.3) is 0 Å². The largest absolute Gasteiger partial charge is 0.366 e. The smallest absolute Gasteiger partial charge is 0.266 e. The van der Waals surface area contributed by atoms with Crippen molar-refractivity contribution in [1.29, 1.82) is 0 Å². The van der Waals surface area contributed by atoms with Gasteiger partial charge in [0.25, 0.3) is 11.5 Å². The number of aromatic nitrogens is 2. The van der Waals surface area contributed by atoms with Gasteiger partial charge in [-0.3, -0.25) is 14.4 Å². The SMILES string of the molecule is Cn1nc(N2CCC[C@H](C(=O)Nc3ccccc3C(N)=O)C2)ccc1=O. The van der Waals surface area contributed by atoms with E-state index < -0.39 is 5.91 Å². The van der Waals surface area contributed by atoms with Crippen LogP contribution in [0.3, 0.4) is 0 Å². The summed E-state index contributed by atoms with van der Waals surface area (Å²) in [6, 6.07) is 9.82. The molecule has 0 aliphatic carbocycles. The van der Waals surface area contributed by atoms with E-state index in [9.17, 15) is 14.4 Å². The summed E-state index contributed by atoms with van der Waals surface area (Å²) < 4.78 is 1.28. The Balaban J connectivity index is 1.73. The number of hydrogen-bond acceptors (Lipinski definition) is 5. The molecular formula is C18H21N5O3. The molecule has 0 radical (unpaired) electrons. The number of nitrogens with zero attached hydrogens (tertiary/aromatic N) is 3. The van der Waals surface area contributed by atoms with E-state index in [4.69, 9.17) is 5.73 Å². The van der Waals surface area contributed by atoms with E-state index in [1.807, 2.05) is 4.90 Å². The Labute approximate surface area is 150 Å². The number of carbonyl (C=O) groups excluding carboxylic acids is 2. The Morgan fingerprint density at radius 3 is 2.73 bits per heavy atom. The fourth-order valence-corrected chi connectivity index (χ4v) is 3.10. The van der Waals surface area contributed by atoms with Crippen LogP contribution in [0.15, 0.2) is 41.2 Å². The Bertz CT molecular complexity index is 892. The minimum atomic E-state index is -0.583. The predicted octanol–water partition coefficient (Wildman–Crippen LogP) is 0.734. The zero-order valence-corrected chi connectivity index (χ0v) is 14.5. The van der Waals surface area contributed by atoms with Crippen molar-refractivity contribution in [2.45, 2.75) is 12.8 Å². The number of carbonyl (C=O) groups is 2. The Morgan fingerprint density at radius 1 is 1.23 bits per heavy atom. The molecule has 3 rings (SSSR count). The van der Waals surface area contributed by atoms with Gasteiger partial charge in [0, 0.05) is 26.2 Å². The molecule has 8 heteroatoms. The van der Waals surface area contributed by atoms with Crippen LogP contribution in [-0.2, 0) is 11.8 Å². The molecule has 0 spiro atoms. The van der Waals surface area contributed by atoms with Crippen LogP contribution >= 0.6 is 0 Å². The van der Waals surface area contributed by atoms with Gasteiger partial charge in [-0.25, -0.2) is 4.68 Å². The molecule has 0 unspecified atom stereocenters. The number of benzene rings is 1. The Kier molecular flexibility index (Phi) is 5.01. The molecule has 2 amide bonds. The number of amides is 2. The number of primary amides is 1. The second-order valence-electron chi connectivity index (χ2n) is 6.34. The third kappa shape index (κ3) is 3.74. The maximum atomic E-state index is 12.7. The van der Waals surface area contributed by atoms with Gasteiger partial charge in [0.15, 0.2) is 0 Å². The first-order valence-electron chi connectivity index (χ1n) is 8.44. The first-order chi connectivity index (χ1) is 12.5. The first kappa shape index (κ1) is 17.7. The highest BCUT2D eigenvalue weighted by Crippen LogP contribution is 2.23. The number of anilines is 2. The van der Waals surface area contributed by atoms with Crippen molar-refractivity contribution in [2.75, 3.05) is 23.3 Å². The number of nitrogens with one attached hydrogen (secondary N) is 1. The molecule has 2 aromatic rings. The molecular weight excluding hydrogens is 334 g/mol. The Morgan fingerprint density at radius 2 is 2.00 bits per heavy atom. The van der Waals surface area contributed by atoms with Gasteiger partial charge in [0.1, 0.15) is 5.82 Å². The van der Waals surface area contributed by atoms with E-state index in [-0.39, 0.29) is 22.9 Å². The molecule has 1 fully saturated rings. The van der Waals surface area contributed by atoms with Gasteiger partial charge < -0.3 is 16.0 Å². The standard InChI is InChI=1S/C18H21N5O3/c1-22-16(24)9-8-15(21-22)23-10-4-5-12(11-23)18(26)20-14-7-3-2-6-13(14)17(19)25/h2-3,6-9,12H,4-5,10-11H2,1H3,(H2,19,25)(H,20,26)/t12-/m0/s1. The molecule has 1 saturated heterocycles. The average molecular weight is 355 g/mol. The molecule has 1 aromatic heterocycles. The zero-order chi connectivity index (χ0) is 18.7. The summed E-state index contributed by atoms with van der Waals surface area (Å²) in [5.74, 6) is -0.320. The highest BCUT2D eigenvalue weighted by Gasteiger charge is 2.27. The van der Waals surface area contributed by atoms with E-state index in [1.165, 1.54) is 10.7 Å². The maximum absolute atomic E-state index is 12.7. The highest BCUT2D eigenvalue weighted by molar-refractivity contribution is 6.03. The minimum absolute atomic E-state index is 0.159. The molecule has 1 aliphatic heterocycles. The molecule has 8 nitrogen and oxygen atoms in total. The number of hydrogen-bond donors (Lipinski definition) is 2. The van der Waals surface area contributed by atoms with Crippen LogP contribution in [0.2, 0.25) is 0 Å². The van der Waals surface area contributed by atoms with E-state index in [1.54, 1.807) is 37.4 Å². The van der Waals surface area contributed by atoms with Crippen molar-refractivity contribution >= 4 is 23.3 Å². The fourth-order valence-electron chi connectivity index (χ4n) is 3.10. The summed E-state index contributed by atoms with van der Waals surface area (Å²) in [5, 5.41) is 7.06. The summed E-state index contributed by atoms with van der Waals surface area (Å²) in [6.07, 6.45) is 1.58. The third-order valence-electron chi connectivity index (χ3n) is 4.51. The normalized spacial score (nSPS) is 17.0. The van der Waals surface area contributed by atoms with Gasteiger partial charge in [-0.15, -0.1) is 0 Å². The van der Waals surface area contributed by atoms with Crippen LogP contribution < -0.4 is 21.5 Å². The lowest BCUT2D eigenvalue weighted by Crippen LogP contribution is -2.42. The monoisotopic (exact) mass is 355 g/mol. The van der Waals surface area contributed by atoms with Crippen LogP contribution in [-0.4, -0.2) is 34.7 Å². The van der Waals surface area contributed by atoms with E-state index in [0.717, 1.165) is 19.4 Å². The van der Waals surface area contributed by atoms with Gasteiger partial charge in [-0.1, -0.05) is 12.1 Å². The van der Waals surface area contributed by atoms with Gasteiger partial charge in [0.2, 0.25) is 5.91 Å². The number of rotatable bonds is 4. The van der Waals surface area contributed by atoms with Crippen molar-refractivity contribution in [3.63, 3.8) is 0 Å². The average Bonchev–Trinajstić information content (AvgIpc) is 2.64. The number of piperidine rings is 1. The summed E-state index contributed by atoms with van der Waals surface area (Å²) in [5.41, 5.74) is 5.89. The van der Waals surface area contributed by atoms with E-state index in [2.05, 4.69) is 10.4 Å². The van der Waals surface area contributed by atoms with Crippen LogP contribution in [0.5, 0.6) is 0 Å². The van der Waals surface area contributed by atoms with Gasteiger partial charge in [0.05, 0.1) is 17.2 Å². The fraction of sp³-hybridized carbons (Fsp3) is 0.333. The topological polar surface area (TPSA) is 110 Å².